The van der Waals surface area contributed by atoms with Crippen molar-refractivity contribution in [3.63, 3.8) is 0 Å². The van der Waals surface area contributed by atoms with Gasteiger partial charge in [0.05, 0.1) is 17.5 Å². The number of nitrogens with one attached hydrogen (secondary N) is 1. The summed E-state index contributed by atoms with van der Waals surface area (Å²) in [5.74, 6) is 0.852. The Morgan fingerprint density at radius 1 is 1.04 bits per heavy atom. The zero-order valence-electron chi connectivity index (χ0n) is 32.4. The van der Waals surface area contributed by atoms with Crippen molar-refractivity contribution < 1.29 is 33.4 Å². The van der Waals surface area contributed by atoms with Crippen LogP contribution in [0.4, 0.5) is 11.6 Å². The Morgan fingerprint density at radius 3 is 2.72 bits per heavy atom. The number of benzene rings is 1. The molecule has 4 aromatic rings. The third-order valence-electron chi connectivity index (χ3n) is 12.8. The average molecular weight is 772 g/mol. The molecule has 1 aromatic carbocycles. The maximum atomic E-state index is 14.3. The molecule has 1 unspecified atom stereocenters. The molecule has 5 atom stereocenters. The summed E-state index contributed by atoms with van der Waals surface area (Å²) in [6.07, 6.45) is 11.4. The number of aromatic nitrogens is 2. The number of anilines is 2. The van der Waals surface area contributed by atoms with Gasteiger partial charge in [-0.25, -0.2) is 14.8 Å². The Morgan fingerprint density at radius 2 is 1.88 bits per heavy atom. The van der Waals surface area contributed by atoms with Gasteiger partial charge < -0.3 is 35.2 Å². The molecule has 3 aromatic heterocycles. The van der Waals surface area contributed by atoms with Crippen LogP contribution in [0.1, 0.15) is 92.0 Å². The number of carbonyl (C=O) groups is 1. The summed E-state index contributed by atoms with van der Waals surface area (Å²) in [6.45, 7) is 7.01. The lowest BCUT2D eigenvalue weighted by Crippen LogP contribution is -3.04. The normalized spacial score (nSPS) is 26.7. The summed E-state index contributed by atoms with van der Waals surface area (Å²) < 4.78 is 25.0. The standard InChI is InChI=1S/C44H46N6O7/c1-22-15-31(51)37-32(54-22)18-33-36(39(37)52)28-7-4-5-13-44(42(53)55-40(28)43(2,3)56-33)34(57-44)11-10-23-16-35(45)49-38-26(23)8-6-9-27-29(38)17-25(48-41(27)46)20-50-19-24-12-14-47-30(24)21-50/h12,14-18,21,28,34,40,52H,4-11,13,19-20H2,1-3H3,(H2,45,49)(H2,46,48)/p+1/t28-,34+,40+,44-/m0/s1. The van der Waals surface area contributed by atoms with E-state index in [-0.39, 0.29) is 28.3 Å². The summed E-state index contributed by atoms with van der Waals surface area (Å²) in [5, 5.41) is 11.7. The van der Waals surface area contributed by atoms with Crippen LogP contribution >= 0.6 is 0 Å². The number of fused-ring (bicyclic) bond motifs is 8. The second-order valence-electron chi connectivity index (χ2n) is 17.1. The van der Waals surface area contributed by atoms with Crippen molar-refractivity contribution in [1.29, 1.82) is 0 Å². The number of quaternary nitrogens is 1. The number of hydrogen-bond acceptors (Lipinski definition) is 12. The molecule has 6 N–H and O–H groups in total. The van der Waals surface area contributed by atoms with Crippen molar-refractivity contribution in [1.82, 2.24) is 9.97 Å². The van der Waals surface area contributed by atoms with Crippen LogP contribution in [0, 0.1) is 6.92 Å². The van der Waals surface area contributed by atoms with E-state index in [0.29, 0.717) is 60.9 Å². The number of epoxide rings is 1. The van der Waals surface area contributed by atoms with Crippen LogP contribution in [0.5, 0.6) is 11.5 Å². The maximum Gasteiger partial charge on any atom is 0.341 e. The predicted molar refractivity (Wildman–Crippen MR) is 213 cm³/mol. The van der Waals surface area contributed by atoms with Gasteiger partial charge in [-0.2, -0.15) is 0 Å². The quantitative estimate of drug-likeness (QED) is 0.163. The van der Waals surface area contributed by atoms with Crippen LogP contribution in [0.2, 0.25) is 0 Å². The molecule has 1 aliphatic carbocycles. The number of nitrogen functional groups attached to an aromatic ring is 2. The highest BCUT2D eigenvalue weighted by Crippen LogP contribution is 2.54. The fourth-order valence-electron chi connectivity index (χ4n) is 10.1. The lowest BCUT2D eigenvalue weighted by Gasteiger charge is -2.44. The van der Waals surface area contributed by atoms with Gasteiger partial charge in [-0.05, 0) is 101 Å². The summed E-state index contributed by atoms with van der Waals surface area (Å²) in [5.41, 5.74) is 19.8. The fraction of sp³-hybridized carbons (Fsp3) is 0.432. The number of hydrogen-bond donors (Lipinski definition) is 4. The Balaban J connectivity index is 0.901. The van der Waals surface area contributed by atoms with E-state index < -0.39 is 29.2 Å². The van der Waals surface area contributed by atoms with Crippen molar-refractivity contribution in [2.75, 3.05) is 18.0 Å². The summed E-state index contributed by atoms with van der Waals surface area (Å²) in [7, 11) is 0. The van der Waals surface area contributed by atoms with Gasteiger partial charge in [0.2, 0.25) is 0 Å². The molecule has 13 nitrogen and oxygen atoms in total. The molecular weight excluding hydrogens is 725 g/mol. The smallest absolute Gasteiger partial charge is 0.341 e. The zero-order chi connectivity index (χ0) is 39.4. The summed E-state index contributed by atoms with van der Waals surface area (Å²) in [4.78, 5) is 42.7. The number of aryl methyl sites for hydroxylation is 2. The summed E-state index contributed by atoms with van der Waals surface area (Å²) >= 11 is 0. The number of allylic oxidation sites excluding steroid dienone is 1. The van der Waals surface area contributed by atoms with Crippen LogP contribution < -0.4 is 26.5 Å². The van der Waals surface area contributed by atoms with Crippen LogP contribution in [-0.4, -0.2) is 57.2 Å². The van der Waals surface area contributed by atoms with Crippen LogP contribution in [0.15, 0.2) is 62.0 Å². The number of nitrogens with zero attached hydrogens (tertiary/aromatic N) is 3. The number of phenolic OH excluding ortho intramolecular Hbond substituents is 1. The number of nitrogens with two attached hydrogens (primary N) is 2. The van der Waals surface area contributed by atoms with E-state index in [0.717, 1.165) is 78.0 Å². The maximum absolute atomic E-state index is 14.3. The largest absolute Gasteiger partial charge is 0.507 e. The van der Waals surface area contributed by atoms with Gasteiger partial charge in [-0.3, -0.25) is 14.7 Å². The molecule has 10 rings (SSSR count). The van der Waals surface area contributed by atoms with Gasteiger partial charge in [0.15, 0.2) is 11.0 Å². The number of carbonyl (C=O) groups excluding carboxylic acids is 1. The highest BCUT2D eigenvalue weighted by atomic mass is 16.7. The first-order chi connectivity index (χ1) is 27.4. The van der Waals surface area contributed by atoms with E-state index in [2.05, 4.69) is 23.3 Å². The molecule has 5 aliphatic heterocycles. The number of rotatable bonds is 5. The number of ether oxygens (including phenoxy) is 3. The monoisotopic (exact) mass is 771 g/mol. The van der Waals surface area contributed by atoms with E-state index in [4.69, 9.17) is 40.1 Å². The van der Waals surface area contributed by atoms with Gasteiger partial charge >= 0.3 is 5.97 Å². The molecule has 6 aliphatic rings. The molecule has 13 heteroatoms. The predicted octanol–water partition coefficient (Wildman–Crippen LogP) is 4.68. The summed E-state index contributed by atoms with van der Waals surface area (Å²) in [6, 6.07) is 7.13. The van der Waals surface area contributed by atoms with E-state index >= 15 is 0 Å². The van der Waals surface area contributed by atoms with Crippen LogP contribution in [0.3, 0.4) is 0 Å². The number of aliphatic imine (C=N–C) groups is 1. The van der Waals surface area contributed by atoms with Crippen LogP contribution in [0.25, 0.3) is 22.2 Å². The third-order valence-corrected chi connectivity index (χ3v) is 12.8. The van der Waals surface area contributed by atoms with Gasteiger partial charge in [-0.1, -0.05) is 6.42 Å². The van der Waals surface area contributed by atoms with E-state index in [1.165, 1.54) is 16.5 Å². The number of esters is 1. The van der Waals surface area contributed by atoms with Gasteiger partial charge in [0.25, 0.3) is 0 Å². The first kappa shape index (κ1) is 35.9. The molecule has 294 valence electrons. The second-order valence-corrected chi connectivity index (χ2v) is 17.1. The molecule has 0 saturated carbocycles. The van der Waals surface area contributed by atoms with Gasteiger partial charge in [-0.15, -0.1) is 0 Å². The van der Waals surface area contributed by atoms with E-state index in [9.17, 15) is 14.7 Å². The number of aromatic hydroxyl groups is 1. The Kier molecular flexibility index (Phi) is 8.18. The Hall–Kier alpha value is -5.53. The third kappa shape index (κ3) is 5.92. The molecule has 57 heavy (non-hydrogen) atoms. The molecule has 0 radical (unpaired) electrons. The molecule has 0 bridgehead atoms. The minimum absolute atomic E-state index is 0.102. The van der Waals surface area contributed by atoms with Gasteiger partial charge in [0, 0.05) is 46.5 Å². The van der Waals surface area contributed by atoms with E-state index in [1.807, 2.05) is 26.1 Å². The SMILES string of the molecule is Cc1cc(=O)c2c(O)c3c(cc2o1)OC(C)(C)[C@@H]1OC(=O)[C@@]2(CCCC[C@@H]31)O[C@@H]2CCc1cc(N)nc2c1CCCc1c-2cc(C[NH+]2C=C3N=CC=C3C2)nc1N. The van der Waals surface area contributed by atoms with Crippen molar-refractivity contribution >= 4 is 34.8 Å². The van der Waals surface area contributed by atoms with Gasteiger partial charge in [0.1, 0.15) is 76.6 Å². The lowest BCUT2D eigenvalue weighted by molar-refractivity contribution is -0.852. The minimum Gasteiger partial charge on any atom is -0.507 e. The number of pyridine rings is 2. The highest BCUT2D eigenvalue weighted by Gasteiger charge is 2.64. The van der Waals surface area contributed by atoms with Crippen molar-refractivity contribution in [3.05, 3.63) is 91.7 Å². The second kappa shape index (κ2) is 13.0. The molecule has 1 spiro atoms. The molecular formula is C44H47N6O7+. The topological polar surface area (TPSA) is 193 Å². The van der Waals surface area contributed by atoms with E-state index in [1.54, 1.807) is 13.0 Å². The molecule has 0 amide bonds. The molecule has 2 saturated heterocycles. The Bertz CT molecular complexity index is 2560. The van der Waals surface area contributed by atoms with Crippen molar-refractivity contribution in [2.24, 2.45) is 4.99 Å². The Labute approximate surface area is 329 Å². The van der Waals surface area contributed by atoms with Crippen molar-refractivity contribution in [3.8, 4) is 22.8 Å². The molecule has 8 heterocycles. The van der Waals surface area contributed by atoms with Crippen molar-refractivity contribution in [2.45, 2.75) is 114 Å². The molecule has 2 fully saturated rings. The van der Waals surface area contributed by atoms with Crippen LogP contribution in [-0.2, 0) is 40.1 Å². The fourth-order valence-corrected chi connectivity index (χ4v) is 10.1. The first-order valence-electron chi connectivity index (χ1n) is 20.1. The average Bonchev–Trinajstić information content (AvgIpc) is 3.53. The number of phenols is 1. The minimum atomic E-state index is -1.07. The highest BCUT2D eigenvalue weighted by molar-refractivity contribution is 5.88. The zero-order valence-corrected chi connectivity index (χ0v) is 32.4. The first-order valence-corrected chi connectivity index (χ1v) is 20.1. The lowest BCUT2D eigenvalue weighted by atomic mass is 9.77.